The lowest BCUT2D eigenvalue weighted by Crippen LogP contribution is -2.43. The summed E-state index contributed by atoms with van der Waals surface area (Å²) in [6.07, 6.45) is 4.77. The zero-order valence-corrected chi connectivity index (χ0v) is 11.0. The average molecular weight is 256 g/mol. The zero-order valence-electron chi connectivity index (χ0n) is 11.0. The molecular weight excluding hydrogens is 232 g/mol. The fourth-order valence-corrected chi connectivity index (χ4v) is 2.44. The lowest BCUT2D eigenvalue weighted by Gasteiger charge is -2.23. The second-order valence-electron chi connectivity index (χ2n) is 5.30. The molecule has 1 aliphatic carbocycles. The molecule has 0 saturated heterocycles. The van der Waals surface area contributed by atoms with E-state index in [0.717, 1.165) is 25.7 Å². The first kappa shape index (κ1) is 15.0. The standard InChI is InChI=1S/C13H24N2O3/c1-9(8-14)7-12(16)15-11-6-4-2-3-5-10(11)13(17)18/h9-11H,2-8,14H2,1H3,(H,15,16)(H,17,18). The maximum Gasteiger partial charge on any atom is 0.308 e. The number of carbonyl (C=O) groups is 2. The Bertz CT molecular complexity index is 294. The number of carboxylic acid groups (broad SMARTS) is 1. The summed E-state index contributed by atoms with van der Waals surface area (Å²) in [7, 11) is 0. The molecule has 104 valence electrons. The first-order valence-corrected chi connectivity index (χ1v) is 6.76. The van der Waals surface area contributed by atoms with Gasteiger partial charge in [-0.15, -0.1) is 0 Å². The Morgan fingerprint density at radius 1 is 1.33 bits per heavy atom. The maximum absolute atomic E-state index is 11.8. The van der Waals surface area contributed by atoms with Gasteiger partial charge in [-0.1, -0.05) is 26.2 Å². The molecule has 1 rings (SSSR count). The van der Waals surface area contributed by atoms with Gasteiger partial charge in [0.05, 0.1) is 5.92 Å². The largest absolute Gasteiger partial charge is 0.481 e. The monoisotopic (exact) mass is 256 g/mol. The van der Waals surface area contributed by atoms with Crippen molar-refractivity contribution in [2.24, 2.45) is 17.6 Å². The second-order valence-corrected chi connectivity index (χ2v) is 5.30. The molecule has 0 radical (unpaired) electrons. The van der Waals surface area contributed by atoms with Crippen molar-refractivity contribution in [3.8, 4) is 0 Å². The van der Waals surface area contributed by atoms with Gasteiger partial charge in [0, 0.05) is 12.5 Å². The van der Waals surface area contributed by atoms with E-state index in [2.05, 4.69) is 5.32 Å². The summed E-state index contributed by atoms with van der Waals surface area (Å²) in [5.41, 5.74) is 5.48. The van der Waals surface area contributed by atoms with Crippen molar-refractivity contribution < 1.29 is 14.7 Å². The molecule has 1 amide bonds. The van der Waals surface area contributed by atoms with Crippen molar-refractivity contribution in [1.82, 2.24) is 5.32 Å². The second kappa shape index (κ2) is 7.36. The summed E-state index contributed by atoms with van der Waals surface area (Å²) in [5, 5.41) is 12.1. The van der Waals surface area contributed by atoms with Crippen LogP contribution in [0.1, 0.15) is 45.4 Å². The molecule has 18 heavy (non-hydrogen) atoms. The number of hydrogen-bond acceptors (Lipinski definition) is 3. The molecule has 4 N–H and O–H groups in total. The summed E-state index contributed by atoms with van der Waals surface area (Å²) in [4.78, 5) is 23.0. The minimum absolute atomic E-state index is 0.0777. The summed E-state index contributed by atoms with van der Waals surface area (Å²) in [5.74, 6) is -1.18. The van der Waals surface area contributed by atoms with Crippen molar-refractivity contribution in [3.05, 3.63) is 0 Å². The fraction of sp³-hybridized carbons (Fsp3) is 0.846. The lowest BCUT2D eigenvalue weighted by atomic mass is 9.94. The van der Waals surface area contributed by atoms with Gasteiger partial charge in [0.2, 0.25) is 5.91 Å². The number of nitrogens with two attached hydrogens (primary N) is 1. The predicted molar refractivity (Wildman–Crippen MR) is 69.0 cm³/mol. The first-order chi connectivity index (χ1) is 8.54. The molecule has 0 spiro atoms. The van der Waals surface area contributed by atoms with Gasteiger partial charge in [0.15, 0.2) is 0 Å². The van der Waals surface area contributed by atoms with Gasteiger partial charge in [-0.3, -0.25) is 9.59 Å². The van der Waals surface area contributed by atoms with E-state index in [4.69, 9.17) is 5.73 Å². The molecule has 0 heterocycles. The number of carboxylic acids is 1. The van der Waals surface area contributed by atoms with Crippen molar-refractivity contribution in [2.45, 2.75) is 51.5 Å². The molecule has 1 saturated carbocycles. The molecule has 5 nitrogen and oxygen atoms in total. The van der Waals surface area contributed by atoms with Gasteiger partial charge in [-0.2, -0.15) is 0 Å². The molecule has 0 aromatic heterocycles. The number of amides is 1. The molecule has 0 aliphatic heterocycles. The van der Waals surface area contributed by atoms with Crippen molar-refractivity contribution in [2.75, 3.05) is 6.54 Å². The summed E-state index contributed by atoms with van der Waals surface area (Å²) < 4.78 is 0. The molecule has 3 unspecified atom stereocenters. The molecular formula is C13H24N2O3. The summed E-state index contributed by atoms with van der Waals surface area (Å²) in [6.45, 7) is 2.39. The number of rotatable bonds is 5. The number of hydrogen-bond donors (Lipinski definition) is 3. The molecule has 5 heteroatoms. The van der Waals surface area contributed by atoms with Gasteiger partial charge in [0.1, 0.15) is 0 Å². The Hall–Kier alpha value is -1.10. The number of aliphatic carboxylic acids is 1. The molecule has 3 atom stereocenters. The topological polar surface area (TPSA) is 92.4 Å². The lowest BCUT2D eigenvalue weighted by molar-refractivity contribution is -0.143. The molecule has 1 fully saturated rings. The van der Waals surface area contributed by atoms with Gasteiger partial charge in [-0.05, 0) is 25.3 Å². The van der Waals surface area contributed by atoms with Crippen molar-refractivity contribution in [1.29, 1.82) is 0 Å². The summed E-state index contributed by atoms with van der Waals surface area (Å²) in [6, 6.07) is -0.220. The third-order valence-electron chi connectivity index (χ3n) is 3.62. The highest BCUT2D eigenvalue weighted by Crippen LogP contribution is 2.24. The van der Waals surface area contributed by atoms with Crippen LogP contribution in [0.2, 0.25) is 0 Å². The van der Waals surface area contributed by atoms with E-state index in [-0.39, 0.29) is 17.9 Å². The third kappa shape index (κ3) is 4.64. The molecule has 0 aromatic carbocycles. The Labute approximate surface area is 108 Å². The van der Waals surface area contributed by atoms with Crippen LogP contribution in [0.15, 0.2) is 0 Å². The van der Waals surface area contributed by atoms with Crippen LogP contribution in [0.5, 0.6) is 0 Å². The van der Waals surface area contributed by atoms with Gasteiger partial charge < -0.3 is 16.2 Å². The minimum atomic E-state index is -0.797. The van der Waals surface area contributed by atoms with Crippen LogP contribution in [0.4, 0.5) is 0 Å². The minimum Gasteiger partial charge on any atom is -0.481 e. The van der Waals surface area contributed by atoms with Crippen LogP contribution in [0.3, 0.4) is 0 Å². The molecule has 0 aromatic rings. The highest BCUT2D eigenvalue weighted by molar-refractivity contribution is 5.78. The molecule has 0 bridgehead atoms. The maximum atomic E-state index is 11.8. The fourth-order valence-electron chi connectivity index (χ4n) is 2.44. The van der Waals surface area contributed by atoms with E-state index in [9.17, 15) is 14.7 Å². The Morgan fingerprint density at radius 3 is 2.61 bits per heavy atom. The normalized spacial score (nSPS) is 26.1. The van der Waals surface area contributed by atoms with Crippen LogP contribution in [0.25, 0.3) is 0 Å². The summed E-state index contributed by atoms with van der Waals surface area (Å²) >= 11 is 0. The van der Waals surface area contributed by atoms with Gasteiger partial charge in [-0.25, -0.2) is 0 Å². The van der Waals surface area contributed by atoms with E-state index in [1.54, 1.807) is 0 Å². The molecule has 1 aliphatic rings. The van der Waals surface area contributed by atoms with E-state index >= 15 is 0 Å². The Kier molecular flexibility index (Phi) is 6.12. The van der Waals surface area contributed by atoms with Crippen LogP contribution < -0.4 is 11.1 Å². The number of carbonyl (C=O) groups excluding carboxylic acids is 1. The Balaban J connectivity index is 2.55. The van der Waals surface area contributed by atoms with E-state index < -0.39 is 11.9 Å². The highest BCUT2D eigenvalue weighted by atomic mass is 16.4. The average Bonchev–Trinajstić information content (AvgIpc) is 2.54. The van der Waals surface area contributed by atoms with Crippen molar-refractivity contribution >= 4 is 11.9 Å². The zero-order chi connectivity index (χ0) is 13.5. The van der Waals surface area contributed by atoms with E-state index in [0.29, 0.717) is 19.4 Å². The number of nitrogens with one attached hydrogen (secondary N) is 1. The third-order valence-corrected chi connectivity index (χ3v) is 3.62. The SMILES string of the molecule is CC(CN)CC(=O)NC1CCCCCC1C(=O)O. The van der Waals surface area contributed by atoms with E-state index in [1.165, 1.54) is 0 Å². The quantitative estimate of drug-likeness (QED) is 0.643. The van der Waals surface area contributed by atoms with Gasteiger partial charge >= 0.3 is 5.97 Å². The van der Waals surface area contributed by atoms with Crippen LogP contribution in [0, 0.1) is 11.8 Å². The smallest absolute Gasteiger partial charge is 0.308 e. The van der Waals surface area contributed by atoms with Gasteiger partial charge in [0.25, 0.3) is 0 Å². The highest BCUT2D eigenvalue weighted by Gasteiger charge is 2.30. The van der Waals surface area contributed by atoms with Crippen LogP contribution in [-0.4, -0.2) is 29.6 Å². The first-order valence-electron chi connectivity index (χ1n) is 6.76. The predicted octanol–water partition coefficient (Wildman–Crippen LogP) is 1.12. The Morgan fingerprint density at radius 2 is 2.00 bits per heavy atom. The van der Waals surface area contributed by atoms with Crippen LogP contribution >= 0.6 is 0 Å². The van der Waals surface area contributed by atoms with Crippen LogP contribution in [-0.2, 0) is 9.59 Å². The van der Waals surface area contributed by atoms with Crippen molar-refractivity contribution in [3.63, 3.8) is 0 Å². The van der Waals surface area contributed by atoms with E-state index in [1.807, 2.05) is 6.92 Å².